The largest absolute Gasteiger partial charge is 1.00 e. The van der Waals surface area contributed by atoms with E-state index in [0.29, 0.717) is 0 Å². The summed E-state index contributed by atoms with van der Waals surface area (Å²) in [5.41, 5.74) is 0. The first-order chi connectivity index (χ1) is 6.59. The molecule has 1 heterocycles. The van der Waals surface area contributed by atoms with Crippen molar-refractivity contribution in [3.8, 4) is 0 Å². The van der Waals surface area contributed by atoms with E-state index < -0.39 is 0 Å². The molecule has 0 spiro atoms. The molecule has 0 aliphatic heterocycles. The van der Waals surface area contributed by atoms with Crippen molar-refractivity contribution in [2.45, 2.75) is 46.1 Å². The Kier molecular flexibility index (Phi) is 6.86. The van der Waals surface area contributed by atoms with Crippen molar-refractivity contribution in [1.29, 1.82) is 0 Å². The normalized spacial score (nSPS) is 11.1. The van der Waals surface area contributed by atoms with Crippen LogP contribution in [0.4, 0.5) is 0 Å². The maximum Gasteiger partial charge on any atom is 1.00 e. The van der Waals surface area contributed by atoms with E-state index in [4.69, 9.17) is 0 Å². The minimum absolute atomic E-state index is 0. The molecular weight excluding hydrogens is 185 g/mol. The Labute approximate surface area is 103 Å². The molecular formula is C9H17LiN5-. The zero-order chi connectivity index (χ0) is 10.6. The van der Waals surface area contributed by atoms with Crippen LogP contribution in [0, 0.1) is 0 Å². The van der Waals surface area contributed by atoms with Crippen LogP contribution in [0.3, 0.4) is 0 Å². The van der Waals surface area contributed by atoms with Crippen LogP contribution in [-0.2, 0) is 0 Å². The second-order valence-corrected chi connectivity index (χ2v) is 3.71. The van der Waals surface area contributed by atoms with Gasteiger partial charge in [0.25, 0.3) is 0 Å². The van der Waals surface area contributed by atoms with Gasteiger partial charge in [-0.2, -0.15) is 5.10 Å². The molecule has 0 N–H and O–H groups in total. The summed E-state index contributed by atoms with van der Waals surface area (Å²) in [6, 6.07) is 0.485. The predicted molar refractivity (Wildman–Crippen MR) is 56.0 cm³/mol. The van der Waals surface area contributed by atoms with Gasteiger partial charge in [-0.3, -0.25) is 4.68 Å². The fourth-order valence-corrected chi connectivity index (χ4v) is 1.05. The minimum Gasteiger partial charge on any atom is -0.657 e. The van der Waals surface area contributed by atoms with Gasteiger partial charge in [-0.25, -0.2) is 4.98 Å². The molecule has 5 nitrogen and oxygen atoms in total. The number of hydrogen-bond acceptors (Lipinski definition) is 2. The Morgan fingerprint density at radius 1 is 1.07 bits per heavy atom. The Balaban J connectivity index is 0.00000196. The summed E-state index contributed by atoms with van der Waals surface area (Å²) >= 11 is 0. The third-order valence-corrected chi connectivity index (χ3v) is 1.54. The molecule has 1 rings (SSSR count). The summed E-state index contributed by atoms with van der Waals surface area (Å²) in [6.45, 7) is 8.11. The molecule has 0 bridgehead atoms. The van der Waals surface area contributed by atoms with Gasteiger partial charge in [0.1, 0.15) is 12.7 Å². The van der Waals surface area contributed by atoms with Crippen LogP contribution in [0.1, 0.15) is 34.0 Å². The van der Waals surface area contributed by atoms with Crippen LogP contribution < -0.4 is 18.9 Å². The van der Waals surface area contributed by atoms with Gasteiger partial charge in [-0.05, 0) is 0 Å². The van der Waals surface area contributed by atoms with Crippen LogP contribution in [0.15, 0.2) is 12.7 Å². The molecule has 1 aromatic heterocycles. The van der Waals surface area contributed by atoms with E-state index in [1.807, 2.05) is 27.7 Å². The topological polar surface area (TPSA) is 58.9 Å². The molecule has 0 radical (unpaired) electrons. The average molecular weight is 202 g/mol. The van der Waals surface area contributed by atoms with Crippen LogP contribution >= 0.6 is 0 Å². The maximum atomic E-state index is 4.45. The summed E-state index contributed by atoms with van der Waals surface area (Å²) < 4.78 is 1.67. The summed E-state index contributed by atoms with van der Waals surface area (Å²) in [5.74, 6) is 0. The van der Waals surface area contributed by atoms with Crippen molar-refractivity contribution in [3.63, 3.8) is 0 Å². The molecule has 1 aromatic rings. The van der Waals surface area contributed by atoms with Gasteiger partial charge in [0.2, 0.25) is 0 Å². The molecule has 80 valence electrons. The first-order valence-electron chi connectivity index (χ1n) is 4.83. The van der Waals surface area contributed by atoms with Gasteiger partial charge < -0.3 is 10.6 Å². The van der Waals surface area contributed by atoms with Crippen LogP contribution in [0.25, 0.3) is 10.6 Å². The standard InChI is InChI=1S/C9H17N5.Li/c1-7(2)12-9(13-8(3)4)14-6-10-5-11-14;/h5-9H,1-4H3;/q-2;+1. The smallest absolute Gasteiger partial charge is 0.657 e. The molecule has 0 aromatic carbocycles. The van der Waals surface area contributed by atoms with Crippen LogP contribution in [0.5, 0.6) is 0 Å². The first-order valence-corrected chi connectivity index (χ1v) is 4.83. The SMILES string of the molecule is CC(C)[N-]C([N-]C(C)C)n1cncn1.[Li+]. The Morgan fingerprint density at radius 3 is 1.93 bits per heavy atom. The summed E-state index contributed by atoms with van der Waals surface area (Å²) in [4.78, 5) is 3.89. The molecule has 0 aliphatic carbocycles. The number of hydrogen-bond donors (Lipinski definition) is 0. The van der Waals surface area contributed by atoms with E-state index in [-0.39, 0.29) is 37.2 Å². The van der Waals surface area contributed by atoms with E-state index in [1.54, 1.807) is 11.0 Å². The maximum absolute atomic E-state index is 4.45. The molecule has 0 unspecified atom stereocenters. The summed E-state index contributed by atoms with van der Waals surface area (Å²) in [5, 5.41) is 12.9. The van der Waals surface area contributed by atoms with Crippen molar-refractivity contribution >= 4 is 0 Å². The van der Waals surface area contributed by atoms with Gasteiger partial charge in [0.05, 0.1) is 0 Å². The van der Waals surface area contributed by atoms with Gasteiger partial charge in [-0.15, -0.1) is 18.4 Å². The van der Waals surface area contributed by atoms with Crippen molar-refractivity contribution in [3.05, 3.63) is 23.3 Å². The van der Waals surface area contributed by atoms with Gasteiger partial charge in [0, 0.05) is 0 Å². The molecule has 0 saturated heterocycles. The van der Waals surface area contributed by atoms with E-state index in [9.17, 15) is 0 Å². The third kappa shape index (κ3) is 5.33. The monoisotopic (exact) mass is 202 g/mol. The molecule has 0 amide bonds. The van der Waals surface area contributed by atoms with Gasteiger partial charge in [-0.1, -0.05) is 27.7 Å². The van der Waals surface area contributed by atoms with Crippen LogP contribution in [-0.4, -0.2) is 26.8 Å². The van der Waals surface area contributed by atoms with Crippen molar-refractivity contribution in [2.24, 2.45) is 0 Å². The van der Waals surface area contributed by atoms with Crippen molar-refractivity contribution in [1.82, 2.24) is 14.8 Å². The first kappa shape index (κ1) is 14.7. The molecule has 6 heteroatoms. The number of rotatable bonds is 5. The predicted octanol–water partition coefficient (Wildman–Crippen LogP) is -0.698. The van der Waals surface area contributed by atoms with Crippen molar-refractivity contribution < 1.29 is 18.9 Å². The quantitative estimate of drug-likeness (QED) is 0.593. The number of nitrogens with zero attached hydrogens (tertiary/aromatic N) is 5. The minimum atomic E-state index is -0.238. The van der Waals surface area contributed by atoms with E-state index in [1.165, 1.54) is 6.33 Å². The number of aromatic nitrogens is 3. The molecule has 0 atom stereocenters. The van der Waals surface area contributed by atoms with Crippen LogP contribution in [0.2, 0.25) is 0 Å². The van der Waals surface area contributed by atoms with E-state index in [2.05, 4.69) is 20.7 Å². The zero-order valence-corrected chi connectivity index (χ0v) is 10.1. The van der Waals surface area contributed by atoms with Gasteiger partial charge >= 0.3 is 18.9 Å². The van der Waals surface area contributed by atoms with E-state index >= 15 is 0 Å². The Morgan fingerprint density at radius 2 is 1.60 bits per heavy atom. The third-order valence-electron chi connectivity index (χ3n) is 1.54. The summed E-state index contributed by atoms with van der Waals surface area (Å²) in [7, 11) is 0. The van der Waals surface area contributed by atoms with Gasteiger partial charge in [0.15, 0.2) is 0 Å². The molecule has 0 fully saturated rings. The second kappa shape index (κ2) is 7.02. The zero-order valence-electron chi connectivity index (χ0n) is 10.1. The van der Waals surface area contributed by atoms with E-state index in [0.717, 1.165) is 0 Å². The molecule has 0 saturated carbocycles. The summed E-state index contributed by atoms with van der Waals surface area (Å²) in [6.07, 6.45) is 2.90. The fraction of sp³-hybridized carbons (Fsp3) is 0.778. The molecule has 0 aliphatic rings. The second-order valence-electron chi connectivity index (χ2n) is 3.71. The Hall–Kier alpha value is -0.343. The molecule has 15 heavy (non-hydrogen) atoms. The average Bonchev–Trinajstić information content (AvgIpc) is 2.52. The fourth-order valence-electron chi connectivity index (χ4n) is 1.05. The Bertz CT molecular complexity index is 237. The van der Waals surface area contributed by atoms with Crippen molar-refractivity contribution in [2.75, 3.05) is 0 Å².